The van der Waals surface area contributed by atoms with Crippen LogP contribution in [0.1, 0.15) is 30.0 Å². The highest BCUT2D eigenvalue weighted by atomic mass is 16.5. The molecule has 27 heavy (non-hydrogen) atoms. The van der Waals surface area contributed by atoms with Gasteiger partial charge in [-0.05, 0) is 42.2 Å². The number of nitrogens with two attached hydrogens (primary N) is 2. The average Bonchev–Trinajstić information content (AvgIpc) is 2.66. The van der Waals surface area contributed by atoms with Crippen LogP contribution in [0, 0.1) is 0 Å². The number of rotatable bonds is 7. The number of ether oxygens (including phenoxy) is 1. The molecule has 1 amide bonds. The summed E-state index contributed by atoms with van der Waals surface area (Å²) in [5.41, 5.74) is 13.2. The minimum absolute atomic E-state index is 0.219. The summed E-state index contributed by atoms with van der Waals surface area (Å²) in [5.74, 6) is -1.87. The predicted octanol–water partition coefficient (Wildman–Crippen LogP) is 1.80. The summed E-state index contributed by atoms with van der Waals surface area (Å²) in [5, 5.41) is 7.52. The second-order valence-electron chi connectivity index (χ2n) is 5.82. The van der Waals surface area contributed by atoms with Crippen LogP contribution >= 0.6 is 0 Å². The number of hydrogen-bond donors (Lipinski definition) is 3. The first-order valence-electron chi connectivity index (χ1n) is 8.33. The van der Waals surface area contributed by atoms with Crippen molar-refractivity contribution >= 4 is 17.7 Å². The highest BCUT2D eigenvalue weighted by Crippen LogP contribution is 2.15. The quantitative estimate of drug-likeness (QED) is 0.635. The van der Waals surface area contributed by atoms with Gasteiger partial charge in [-0.15, -0.1) is 0 Å². The van der Waals surface area contributed by atoms with Gasteiger partial charge in [0.2, 0.25) is 0 Å². The fourth-order valence-electron chi connectivity index (χ4n) is 2.01. The van der Waals surface area contributed by atoms with Gasteiger partial charge in [-0.3, -0.25) is 4.79 Å². The third-order valence-corrected chi connectivity index (χ3v) is 3.56. The van der Waals surface area contributed by atoms with Crippen LogP contribution in [-0.2, 0) is 34.0 Å². The highest BCUT2D eigenvalue weighted by Gasteiger charge is 2.01. The molecule has 0 radical (unpaired) electrons. The van der Waals surface area contributed by atoms with Gasteiger partial charge in [0, 0.05) is 13.0 Å². The van der Waals surface area contributed by atoms with Gasteiger partial charge in [0.15, 0.2) is 0 Å². The van der Waals surface area contributed by atoms with Crippen molar-refractivity contribution in [1.29, 1.82) is 0 Å². The maximum Gasteiger partial charge on any atom is 0.394 e. The van der Waals surface area contributed by atoms with Crippen molar-refractivity contribution < 1.29 is 24.2 Å². The monoisotopic (exact) mass is 372 g/mol. The van der Waals surface area contributed by atoms with Crippen LogP contribution in [0.15, 0.2) is 48.5 Å². The largest absolute Gasteiger partial charge is 0.489 e. The van der Waals surface area contributed by atoms with E-state index in [1.807, 2.05) is 48.5 Å². The molecule has 0 unspecified atom stereocenters. The minimum atomic E-state index is -1.60. The molecule has 5 N–H and O–H groups in total. The van der Waals surface area contributed by atoms with E-state index in [4.69, 9.17) is 15.6 Å². The topological polar surface area (TPSA) is 133 Å². The SMILES string of the molecule is CC(=O)CCc1ccc(OCc2ccc(CN)cc2)cc1.NC(=O)C(=O)O. The number of aryl methyl sites for hydroxylation is 1. The number of amides is 1. The Balaban J connectivity index is 0.000000527. The van der Waals surface area contributed by atoms with Crippen LogP contribution in [0.4, 0.5) is 0 Å². The van der Waals surface area contributed by atoms with E-state index in [1.54, 1.807) is 6.92 Å². The van der Waals surface area contributed by atoms with Crippen molar-refractivity contribution in [3.05, 3.63) is 65.2 Å². The third kappa shape index (κ3) is 9.18. The van der Waals surface area contributed by atoms with Crippen LogP contribution in [-0.4, -0.2) is 22.8 Å². The van der Waals surface area contributed by atoms with Gasteiger partial charge < -0.3 is 26.1 Å². The summed E-state index contributed by atoms with van der Waals surface area (Å²) in [6.45, 7) is 2.72. The van der Waals surface area contributed by atoms with Crippen molar-refractivity contribution in [1.82, 2.24) is 0 Å². The Morgan fingerprint density at radius 3 is 1.85 bits per heavy atom. The summed E-state index contributed by atoms with van der Waals surface area (Å²) in [4.78, 5) is 29.5. The Kier molecular flexibility index (Phi) is 9.25. The van der Waals surface area contributed by atoms with Crippen LogP contribution in [0.3, 0.4) is 0 Å². The molecule has 0 fully saturated rings. The molecule has 0 saturated carbocycles. The number of carboxylic acid groups (broad SMARTS) is 1. The normalized spacial score (nSPS) is 9.70. The summed E-state index contributed by atoms with van der Waals surface area (Å²) in [6, 6.07) is 16.0. The van der Waals surface area contributed by atoms with Gasteiger partial charge in [-0.1, -0.05) is 36.4 Å². The fourth-order valence-corrected chi connectivity index (χ4v) is 2.01. The number of aliphatic carboxylic acids is 1. The Labute approximate surface area is 157 Å². The number of carboxylic acids is 1. The first kappa shape index (κ1) is 21.9. The van der Waals surface area contributed by atoms with E-state index in [0.29, 0.717) is 19.6 Å². The third-order valence-electron chi connectivity index (χ3n) is 3.56. The molecule has 0 bridgehead atoms. The lowest BCUT2D eigenvalue weighted by molar-refractivity contribution is -0.148. The molecular formula is C20H24N2O5. The van der Waals surface area contributed by atoms with Gasteiger partial charge >= 0.3 is 11.9 Å². The zero-order chi connectivity index (χ0) is 20.2. The second-order valence-corrected chi connectivity index (χ2v) is 5.82. The van der Waals surface area contributed by atoms with Gasteiger partial charge in [0.05, 0.1) is 0 Å². The van der Waals surface area contributed by atoms with Crippen molar-refractivity contribution in [3.8, 4) is 5.75 Å². The van der Waals surface area contributed by atoms with Crippen molar-refractivity contribution in [2.24, 2.45) is 11.5 Å². The van der Waals surface area contributed by atoms with E-state index in [-0.39, 0.29) is 5.78 Å². The lowest BCUT2D eigenvalue weighted by Crippen LogP contribution is -2.21. The summed E-state index contributed by atoms with van der Waals surface area (Å²) < 4.78 is 5.75. The summed E-state index contributed by atoms with van der Waals surface area (Å²) in [7, 11) is 0. The number of carbonyl (C=O) groups excluding carboxylic acids is 2. The lowest BCUT2D eigenvalue weighted by Gasteiger charge is -2.08. The molecule has 0 atom stereocenters. The highest BCUT2D eigenvalue weighted by molar-refractivity contribution is 6.30. The Bertz CT molecular complexity index is 743. The molecular weight excluding hydrogens is 348 g/mol. The lowest BCUT2D eigenvalue weighted by atomic mass is 10.1. The van der Waals surface area contributed by atoms with Crippen LogP contribution in [0.2, 0.25) is 0 Å². The number of hydrogen-bond acceptors (Lipinski definition) is 5. The summed E-state index contributed by atoms with van der Waals surface area (Å²) in [6.07, 6.45) is 1.38. The molecule has 0 saturated heterocycles. The molecule has 144 valence electrons. The molecule has 7 nitrogen and oxygen atoms in total. The standard InChI is InChI=1S/C18H21NO2.C2H3NO3/c1-14(20)2-3-15-8-10-18(11-9-15)21-13-17-6-4-16(12-19)5-7-17;3-1(4)2(5)6/h4-11H,2-3,12-13,19H2,1H3;(H2,3,4)(H,5,6). The first-order valence-corrected chi connectivity index (χ1v) is 8.33. The van der Waals surface area contributed by atoms with Gasteiger partial charge in [-0.25, -0.2) is 4.79 Å². The molecule has 0 aromatic heterocycles. The van der Waals surface area contributed by atoms with Gasteiger partial charge in [-0.2, -0.15) is 0 Å². The average molecular weight is 372 g/mol. The molecule has 7 heteroatoms. The molecule has 2 aromatic rings. The Hall–Kier alpha value is -3.19. The minimum Gasteiger partial charge on any atom is -0.489 e. The molecule has 0 aliphatic carbocycles. The summed E-state index contributed by atoms with van der Waals surface area (Å²) >= 11 is 0. The van der Waals surface area contributed by atoms with Crippen molar-refractivity contribution in [3.63, 3.8) is 0 Å². The Morgan fingerprint density at radius 1 is 0.926 bits per heavy atom. The predicted molar refractivity (Wildman–Crippen MR) is 101 cm³/mol. The number of primary amides is 1. The second kappa shape index (κ2) is 11.4. The molecule has 2 aromatic carbocycles. The molecule has 0 aliphatic heterocycles. The zero-order valence-corrected chi connectivity index (χ0v) is 15.2. The smallest absolute Gasteiger partial charge is 0.394 e. The number of carbonyl (C=O) groups is 3. The molecule has 0 heterocycles. The number of benzene rings is 2. The van der Waals surface area contributed by atoms with Crippen LogP contribution in [0.5, 0.6) is 5.75 Å². The van der Waals surface area contributed by atoms with Gasteiger partial charge in [0.25, 0.3) is 0 Å². The first-order chi connectivity index (χ1) is 12.8. The van der Waals surface area contributed by atoms with E-state index >= 15 is 0 Å². The van der Waals surface area contributed by atoms with Crippen molar-refractivity contribution in [2.75, 3.05) is 0 Å². The molecule has 2 rings (SSSR count). The van der Waals surface area contributed by atoms with E-state index in [0.717, 1.165) is 28.9 Å². The van der Waals surface area contributed by atoms with E-state index in [1.165, 1.54) is 0 Å². The van der Waals surface area contributed by atoms with Crippen LogP contribution < -0.4 is 16.2 Å². The molecule has 0 spiro atoms. The van der Waals surface area contributed by atoms with E-state index < -0.39 is 11.9 Å². The van der Waals surface area contributed by atoms with Crippen LogP contribution in [0.25, 0.3) is 0 Å². The van der Waals surface area contributed by atoms with E-state index in [9.17, 15) is 14.4 Å². The van der Waals surface area contributed by atoms with Crippen molar-refractivity contribution in [2.45, 2.75) is 32.9 Å². The van der Waals surface area contributed by atoms with E-state index in [2.05, 4.69) is 5.73 Å². The van der Waals surface area contributed by atoms with Gasteiger partial charge in [0.1, 0.15) is 18.1 Å². The number of Topliss-reactive ketones (excluding diaryl/α,β-unsaturated/α-hetero) is 1. The fraction of sp³-hybridized carbons (Fsp3) is 0.250. The maximum absolute atomic E-state index is 11.0. The molecule has 0 aliphatic rings. The maximum atomic E-state index is 11.0. The zero-order valence-electron chi connectivity index (χ0n) is 15.2. The Morgan fingerprint density at radius 2 is 1.41 bits per heavy atom. The number of ketones is 1.